The zero-order chi connectivity index (χ0) is 26.4. The van der Waals surface area contributed by atoms with Gasteiger partial charge in [0.1, 0.15) is 17.2 Å². The predicted octanol–water partition coefficient (Wildman–Crippen LogP) is 5.36. The van der Waals surface area contributed by atoms with E-state index >= 15 is 0 Å². The molecule has 0 bridgehead atoms. The van der Waals surface area contributed by atoms with Crippen LogP contribution in [-0.4, -0.2) is 27.6 Å². The Kier molecular flexibility index (Phi) is 3.69. The molecule has 5 aromatic rings. The van der Waals surface area contributed by atoms with Gasteiger partial charge in [-0.2, -0.15) is 0 Å². The Morgan fingerprint density at radius 3 is 3.00 bits per heavy atom. The van der Waals surface area contributed by atoms with Crippen LogP contribution in [0.25, 0.3) is 21.9 Å². The summed E-state index contributed by atoms with van der Waals surface area (Å²) in [6, 6.07) is 12.4. The maximum absolute atomic E-state index is 13.8. The van der Waals surface area contributed by atoms with Gasteiger partial charge < -0.3 is 24.9 Å². The maximum atomic E-state index is 13.8. The number of ether oxygens (including phenoxy) is 1. The fraction of sp³-hybridized carbons (Fsp3) is 0.0833. The molecule has 7 nitrogen and oxygen atoms in total. The van der Waals surface area contributed by atoms with Crippen molar-refractivity contribution in [2.24, 2.45) is 0 Å². The topological polar surface area (TPSA) is 84.0 Å². The predicted molar refractivity (Wildman–Crippen MR) is 123 cm³/mol. The van der Waals surface area contributed by atoms with Crippen molar-refractivity contribution < 1.29 is 20.8 Å². The Morgan fingerprint density at radius 1 is 1.19 bits per heavy atom. The molecule has 5 rings (SSSR count). The highest BCUT2D eigenvalue weighted by molar-refractivity contribution is 6.06. The van der Waals surface area contributed by atoms with Gasteiger partial charge in [0, 0.05) is 41.9 Å². The Morgan fingerprint density at radius 2 is 2.09 bits per heavy atom. The number of benzene rings is 2. The lowest BCUT2D eigenvalue weighted by Crippen LogP contribution is -2.20. The van der Waals surface area contributed by atoms with E-state index < -0.39 is 25.4 Å². The van der Waals surface area contributed by atoms with Crippen LogP contribution >= 0.6 is 0 Å². The Labute approximate surface area is 189 Å². The SMILES string of the molecule is [2H]C([2H])([2H])Oc1ccc(F)cc1NC(=O)Nc1cccc2c1ccn2C([2H])([2H])c1ccnc2[nH]ccc12. The summed E-state index contributed by atoms with van der Waals surface area (Å²) in [5.41, 5.74) is 1.69. The van der Waals surface area contributed by atoms with Crippen molar-refractivity contribution in [2.45, 2.75) is 6.50 Å². The minimum Gasteiger partial charge on any atom is -0.495 e. The number of aromatic nitrogens is 3. The number of rotatable bonds is 5. The number of fused-ring (bicyclic) bond motifs is 2. The van der Waals surface area contributed by atoms with Crippen LogP contribution in [0.4, 0.5) is 20.6 Å². The molecule has 8 heteroatoms. The number of amides is 2. The van der Waals surface area contributed by atoms with Gasteiger partial charge in [-0.25, -0.2) is 14.2 Å². The zero-order valence-electron chi connectivity index (χ0n) is 21.5. The Hall–Kier alpha value is -4.33. The van der Waals surface area contributed by atoms with Gasteiger partial charge in [-0.05, 0) is 48.0 Å². The highest BCUT2D eigenvalue weighted by atomic mass is 19.1. The third-order valence-electron chi connectivity index (χ3n) is 4.98. The molecular formula is C24H20FN5O2. The molecule has 2 aromatic carbocycles. The summed E-state index contributed by atoms with van der Waals surface area (Å²) in [4.78, 5) is 20.0. The standard InChI is InChI=1S/C24H20FN5O2/c1-32-22-6-5-16(25)13-20(22)29-24(31)28-19-3-2-4-21-18(19)9-12-30(21)14-15-7-10-26-23-17(15)8-11-27-23/h2-13H,14H2,1H3,(H,26,27)(H2,28,29,31)/i1D3,14D2. The summed E-state index contributed by atoms with van der Waals surface area (Å²) in [7, 11) is -2.79. The van der Waals surface area contributed by atoms with Gasteiger partial charge in [-0.3, -0.25) is 0 Å². The second-order valence-electron chi connectivity index (χ2n) is 6.96. The first-order valence-electron chi connectivity index (χ1n) is 12.1. The van der Waals surface area contributed by atoms with E-state index in [2.05, 4.69) is 20.6 Å². The van der Waals surface area contributed by atoms with Gasteiger partial charge in [-0.1, -0.05) is 6.07 Å². The summed E-state index contributed by atoms with van der Waals surface area (Å²) in [6.45, 7) is -1.95. The fourth-order valence-electron chi connectivity index (χ4n) is 3.53. The number of halogens is 1. The van der Waals surface area contributed by atoms with Crippen molar-refractivity contribution in [3.05, 3.63) is 84.6 Å². The van der Waals surface area contributed by atoms with Gasteiger partial charge in [0.25, 0.3) is 0 Å². The normalized spacial score (nSPS) is 14.2. The van der Waals surface area contributed by atoms with Crippen LogP contribution in [-0.2, 0) is 6.50 Å². The van der Waals surface area contributed by atoms with Crippen LogP contribution in [0.2, 0.25) is 0 Å². The van der Waals surface area contributed by atoms with Crippen molar-refractivity contribution >= 4 is 39.3 Å². The average Bonchev–Trinajstić information content (AvgIpc) is 3.48. The molecular weight excluding hydrogens is 409 g/mol. The van der Waals surface area contributed by atoms with E-state index in [1.807, 2.05) is 0 Å². The number of aromatic amines is 1. The maximum Gasteiger partial charge on any atom is 0.323 e. The highest BCUT2D eigenvalue weighted by Crippen LogP contribution is 2.28. The largest absolute Gasteiger partial charge is 0.495 e. The van der Waals surface area contributed by atoms with Crippen molar-refractivity contribution in [1.82, 2.24) is 14.5 Å². The Bertz CT molecular complexity index is 1630. The third kappa shape index (κ3) is 3.62. The summed E-state index contributed by atoms with van der Waals surface area (Å²) >= 11 is 0. The quantitative estimate of drug-likeness (QED) is 0.348. The summed E-state index contributed by atoms with van der Waals surface area (Å²) in [6.07, 6.45) is 4.81. The molecule has 0 unspecified atom stereocenters. The molecule has 0 saturated heterocycles. The number of anilines is 2. The van der Waals surface area contributed by atoms with E-state index in [4.69, 9.17) is 11.6 Å². The molecule has 3 heterocycles. The number of nitrogens with zero attached hydrogens (tertiary/aromatic N) is 2. The lowest BCUT2D eigenvalue weighted by Gasteiger charge is -2.12. The molecule has 0 radical (unpaired) electrons. The number of urea groups is 1. The van der Waals surface area contributed by atoms with E-state index in [0.29, 0.717) is 33.2 Å². The number of hydrogen-bond acceptors (Lipinski definition) is 3. The molecule has 0 spiro atoms. The van der Waals surface area contributed by atoms with Gasteiger partial charge in [0.2, 0.25) is 0 Å². The first-order chi connectivity index (χ1) is 17.5. The van der Waals surface area contributed by atoms with Gasteiger partial charge in [0.05, 0.1) is 30.8 Å². The summed E-state index contributed by atoms with van der Waals surface area (Å²) < 4.78 is 59.7. The second kappa shape index (κ2) is 8.07. The first-order valence-corrected chi connectivity index (χ1v) is 9.63. The third-order valence-corrected chi connectivity index (χ3v) is 4.98. The minimum absolute atomic E-state index is 0.164. The average molecular weight is 434 g/mol. The van der Waals surface area contributed by atoms with Gasteiger partial charge in [0.15, 0.2) is 0 Å². The van der Waals surface area contributed by atoms with Crippen LogP contribution in [0.3, 0.4) is 0 Å². The second-order valence-corrected chi connectivity index (χ2v) is 6.96. The Balaban J connectivity index is 1.45. The number of carbonyl (C=O) groups is 1. The molecule has 0 saturated carbocycles. The first kappa shape index (κ1) is 14.6. The van der Waals surface area contributed by atoms with Gasteiger partial charge in [-0.15, -0.1) is 0 Å². The van der Waals surface area contributed by atoms with Crippen molar-refractivity contribution in [3.63, 3.8) is 0 Å². The number of hydrogen-bond donors (Lipinski definition) is 3. The van der Waals surface area contributed by atoms with Crippen LogP contribution in [0.1, 0.15) is 12.4 Å². The van der Waals surface area contributed by atoms with E-state index in [9.17, 15) is 9.18 Å². The molecule has 0 aliphatic heterocycles. The van der Waals surface area contributed by atoms with Crippen LogP contribution in [0, 0.1) is 5.82 Å². The number of pyridine rings is 1. The van der Waals surface area contributed by atoms with Crippen molar-refractivity contribution in [3.8, 4) is 5.75 Å². The lowest BCUT2D eigenvalue weighted by atomic mass is 10.2. The molecule has 3 aromatic heterocycles. The van der Waals surface area contributed by atoms with Crippen molar-refractivity contribution in [1.29, 1.82) is 0 Å². The monoisotopic (exact) mass is 434 g/mol. The molecule has 32 heavy (non-hydrogen) atoms. The minimum atomic E-state index is -2.79. The molecule has 160 valence electrons. The fourth-order valence-corrected chi connectivity index (χ4v) is 3.53. The van der Waals surface area contributed by atoms with Crippen LogP contribution in [0.15, 0.2) is 73.2 Å². The number of methoxy groups -OCH3 is 1. The van der Waals surface area contributed by atoms with E-state index in [1.165, 1.54) is 10.8 Å². The summed E-state index contributed by atoms with van der Waals surface area (Å²) in [5.74, 6) is -0.912. The van der Waals surface area contributed by atoms with E-state index in [0.717, 1.165) is 18.2 Å². The van der Waals surface area contributed by atoms with Gasteiger partial charge >= 0.3 is 6.03 Å². The molecule has 3 N–H and O–H groups in total. The molecule has 0 fully saturated rings. The molecule has 0 aliphatic carbocycles. The number of H-pyrrole nitrogens is 1. The zero-order valence-corrected chi connectivity index (χ0v) is 16.5. The highest BCUT2D eigenvalue weighted by Gasteiger charge is 2.12. The molecule has 2 amide bonds. The van der Waals surface area contributed by atoms with Crippen LogP contribution in [0.5, 0.6) is 5.75 Å². The van der Waals surface area contributed by atoms with E-state index in [-0.39, 0.29) is 11.4 Å². The number of nitrogens with one attached hydrogen (secondary N) is 3. The van der Waals surface area contributed by atoms with Crippen LogP contribution < -0.4 is 15.4 Å². The smallest absolute Gasteiger partial charge is 0.323 e. The van der Waals surface area contributed by atoms with E-state index in [1.54, 1.807) is 48.8 Å². The number of carbonyl (C=O) groups excluding carboxylic acids is 1. The lowest BCUT2D eigenvalue weighted by molar-refractivity contribution is 0.262. The molecule has 0 atom stereocenters. The summed E-state index contributed by atoms with van der Waals surface area (Å²) in [5, 5.41) is 6.27. The molecule has 0 aliphatic rings. The van der Waals surface area contributed by atoms with Crippen molar-refractivity contribution in [2.75, 3.05) is 17.7 Å².